The van der Waals surface area contributed by atoms with Crippen molar-refractivity contribution >= 4 is 41.0 Å². The van der Waals surface area contributed by atoms with Crippen LogP contribution in [0.2, 0.25) is 0 Å². The number of thioether (sulfide) groups is 1. The molecule has 0 saturated carbocycles. The lowest BCUT2D eigenvalue weighted by atomic mass is 10.1. The molecule has 0 spiro atoms. The molecule has 5 nitrogen and oxygen atoms in total. The van der Waals surface area contributed by atoms with Gasteiger partial charge in [0.15, 0.2) is 0 Å². The van der Waals surface area contributed by atoms with Crippen LogP contribution in [0.4, 0.5) is 15.8 Å². The van der Waals surface area contributed by atoms with E-state index in [4.69, 9.17) is 0 Å². The van der Waals surface area contributed by atoms with Crippen LogP contribution in [0.3, 0.4) is 0 Å². The molecule has 2 amide bonds. The fourth-order valence-electron chi connectivity index (χ4n) is 4.60. The maximum absolute atomic E-state index is 13.7. The second-order valence-electron chi connectivity index (χ2n) is 9.39. The molecule has 0 aliphatic carbocycles. The Hall–Kier alpha value is -4.36. The first-order valence-corrected chi connectivity index (χ1v) is 14.1. The van der Waals surface area contributed by atoms with Gasteiger partial charge in [-0.1, -0.05) is 72.4 Å². The average Bonchev–Trinajstić information content (AvgIpc) is 2.99. The van der Waals surface area contributed by atoms with Gasteiger partial charge in [-0.3, -0.25) is 9.59 Å². The van der Waals surface area contributed by atoms with Crippen LogP contribution in [0.1, 0.15) is 28.4 Å². The first kappa shape index (κ1) is 27.2. The number of anilines is 2. The Labute approximate surface area is 238 Å². The van der Waals surface area contributed by atoms with Gasteiger partial charge in [0.25, 0.3) is 11.8 Å². The zero-order valence-electron chi connectivity index (χ0n) is 22.2. The number of hydrogen-bond donors (Lipinski definition) is 1. The van der Waals surface area contributed by atoms with Crippen molar-refractivity contribution in [1.82, 2.24) is 5.32 Å². The maximum Gasteiger partial charge on any atom is 0.265 e. The number of nitrogens with one attached hydrogen (secondary N) is 1. The van der Waals surface area contributed by atoms with Crippen molar-refractivity contribution in [3.05, 3.63) is 131 Å². The standard InChI is InChI=1S/C33H30FN3O2S/c1-2-36(28-11-7-4-8-12-28)20-19-35-32(38)26-15-18-30-29(22-26)37(23-25-13-16-27(34)17-14-25)33(39)31(40-30)21-24-9-5-3-6-10-24/h3-18,21-22H,2,19-20,23H2,1H3,(H,35,38)/b31-21-. The highest BCUT2D eigenvalue weighted by molar-refractivity contribution is 8.04. The second-order valence-corrected chi connectivity index (χ2v) is 10.5. The fourth-order valence-corrected chi connectivity index (χ4v) is 5.64. The third kappa shape index (κ3) is 6.43. The summed E-state index contributed by atoms with van der Waals surface area (Å²) in [5, 5.41) is 3.02. The SMILES string of the molecule is CCN(CCNC(=O)c1ccc2c(c1)N(Cc1ccc(F)cc1)C(=O)/C(=C/c1ccccc1)S2)c1ccccc1. The van der Waals surface area contributed by atoms with E-state index in [1.54, 1.807) is 29.2 Å². The van der Waals surface area contributed by atoms with Gasteiger partial charge in [0.2, 0.25) is 0 Å². The number of fused-ring (bicyclic) bond motifs is 1. The highest BCUT2D eigenvalue weighted by Gasteiger charge is 2.30. The summed E-state index contributed by atoms with van der Waals surface area (Å²) in [6.45, 7) is 4.33. The van der Waals surface area contributed by atoms with E-state index in [0.29, 0.717) is 29.2 Å². The highest BCUT2D eigenvalue weighted by Crippen LogP contribution is 2.43. The number of halogens is 1. The molecule has 202 valence electrons. The molecule has 40 heavy (non-hydrogen) atoms. The monoisotopic (exact) mass is 551 g/mol. The lowest BCUT2D eigenvalue weighted by Gasteiger charge is -2.31. The van der Waals surface area contributed by atoms with Crippen LogP contribution in [0, 0.1) is 5.82 Å². The Kier molecular flexibility index (Phi) is 8.62. The number of para-hydroxylation sites is 1. The summed E-state index contributed by atoms with van der Waals surface area (Å²) in [5.41, 5.74) is 3.98. The Balaban J connectivity index is 1.38. The minimum absolute atomic E-state index is 0.162. The highest BCUT2D eigenvalue weighted by atomic mass is 32.2. The van der Waals surface area contributed by atoms with Gasteiger partial charge in [0.05, 0.1) is 17.1 Å². The zero-order valence-corrected chi connectivity index (χ0v) is 23.0. The minimum Gasteiger partial charge on any atom is -0.370 e. The normalized spacial score (nSPS) is 13.7. The van der Waals surface area contributed by atoms with E-state index in [0.717, 1.165) is 28.3 Å². The Morgan fingerprint density at radius 1 is 0.950 bits per heavy atom. The van der Waals surface area contributed by atoms with Gasteiger partial charge in [0.1, 0.15) is 5.82 Å². The predicted octanol–water partition coefficient (Wildman–Crippen LogP) is 6.76. The van der Waals surface area contributed by atoms with Crippen LogP contribution < -0.4 is 15.1 Å². The smallest absolute Gasteiger partial charge is 0.265 e. The molecule has 0 bridgehead atoms. The summed E-state index contributed by atoms with van der Waals surface area (Å²) in [6.07, 6.45) is 1.88. The molecule has 0 fully saturated rings. The molecule has 0 aromatic heterocycles. The van der Waals surface area contributed by atoms with Crippen LogP contribution >= 0.6 is 11.8 Å². The molecule has 5 rings (SSSR count). The molecule has 1 aliphatic heterocycles. The second kappa shape index (κ2) is 12.7. The summed E-state index contributed by atoms with van der Waals surface area (Å²) >= 11 is 1.39. The van der Waals surface area contributed by atoms with Crippen LogP contribution in [0.25, 0.3) is 6.08 Å². The van der Waals surface area contributed by atoms with E-state index in [-0.39, 0.29) is 24.2 Å². The van der Waals surface area contributed by atoms with Crippen molar-refractivity contribution in [2.45, 2.75) is 18.4 Å². The van der Waals surface area contributed by atoms with Gasteiger partial charge in [-0.25, -0.2) is 4.39 Å². The maximum atomic E-state index is 13.7. The Morgan fingerprint density at radius 3 is 2.35 bits per heavy atom. The predicted molar refractivity (Wildman–Crippen MR) is 161 cm³/mol. The van der Waals surface area contributed by atoms with E-state index in [1.165, 1.54) is 23.9 Å². The molecule has 0 atom stereocenters. The molecule has 4 aromatic carbocycles. The summed E-state index contributed by atoms with van der Waals surface area (Å²) in [6, 6.07) is 31.4. The van der Waals surface area contributed by atoms with Crippen molar-refractivity contribution < 1.29 is 14.0 Å². The molecular formula is C33H30FN3O2S. The molecule has 1 N–H and O–H groups in total. The van der Waals surface area contributed by atoms with Gasteiger partial charge in [0, 0.05) is 35.8 Å². The lowest BCUT2D eigenvalue weighted by molar-refractivity contribution is -0.114. The number of benzene rings is 4. The summed E-state index contributed by atoms with van der Waals surface area (Å²) in [7, 11) is 0. The number of carbonyl (C=O) groups excluding carboxylic acids is 2. The Bertz CT molecular complexity index is 1510. The summed E-state index contributed by atoms with van der Waals surface area (Å²) in [5.74, 6) is -0.691. The molecule has 1 aliphatic rings. The fraction of sp³-hybridized carbons (Fsp3) is 0.152. The molecule has 0 unspecified atom stereocenters. The van der Waals surface area contributed by atoms with Gasteiger partial charge < -0.3 is 15.1 Å². The van der Waals surface area contributed by atoms with Crippen LogP contribution in [-0.4, -0.2) is 31.4 Å². The van der Waals surface area contributed by atoms with E-state index in [2.05, 4.69) is 29.3 Å². The molecule has 1 heterocycles. The molecule has 7 heteroatoms. The van der Waals surface area contributed by atoms with E-state index < -0.39 is 0 Å². The topological polar surface area (TPSA) is 52.7 Å². The third-order valence-electron chi connectivity index (χ3n) is 6.71. The quantitative estimate of drug-likeness (QED) is 0.234. The summed E-state index contributed by atoms with van der Waals surface area (Å²) < 4.78 is 13.6. The zero-order chi connectivity index (χ0) is 27.9. The minimum atomic E-state index is -0.331. The van der Waals surface area contributed by atoms with E-state index in [9.17, 15) is 14.0 Å². The van der Waals surface area contributed by atoms with Crippen LogP contribution in [0.5, 0.6) is 0 Å². The number of carbonyl (C=O) groups is 2. The first-order valence-electron chi connectivity index (χ1n) is 13.2. The largest absolute Gasteiger partial charge is 0.370 e. The van der Waals surface area contributed by atoms with Gasteiger partial charge in [-0.15, -0.1) is 0 Å². The molecular weight excluding hydrogens is 521 g/mol. The van der Waals surface area contributed by atoms with Crippen molar-refractivity contribution in [1.29, 1.82) is 0 Å². The van der Waals surface area contributed by atoms with Gasteiger partial charge in [-0.05, 0) is 66.6 Å². The molecule has 0 radical (unpaired) electrons. The van der Waals surface area contributed by atoms with Crippen molar-refractivity contribution in [2.75, 3.05) is 29.4 Å². The van der Waals surface area contributed by atoms with Crippen LogP contribution in [-0.2, 0) is 11.3 Å². The average molecular weight is 552 g/mol. The molecule has 4 aromatic rings. The van der Waals surface area contributed by atoms with E-state index in [1.807, 2.05) is 60.7 Å². The van der Waals surface area contributed by atoms with Gasteiger partial charge in [-0.2, -0.15) is 0 Å². The number of hydrogen-bond acceptors (Lipinski definition) is 4. The third-order valence-corrected chi connectivity index (χ3v) is 7.79. The van der Waals surface area contributed by atoms with Crippen molar-refractivity contribution in [2.24, 2.45) is 0 Å². The molecule has 0 saturated heterocycles. The van der Waals surface area contributed by atoms with Crippen LogP contribution in [0.15, 0.2) is 113 Å². The lowest BCUT2D eigenvalue weighted by Crippen LogP contribution is -2.36. The number of amides is 2. The van der Waals surface area contributed by atoms with Crippen molar-refractivity contribution in [3.8, 4) is 0 Å². The van der Waals surface area contributed by atoms with Crippen molar-refractivity contribution in [3.63, 3.8) is 0 Å². The van der Waals surface area contributed by atoms with Gasteiger partial charge >= 0.3 is 0 Å². The number of rotatable bonds is 9. The Morgan fingerprint density at radius 2 is 1.65 bits per heavy atom. The number of likely N-dealkylation sites (N-methyl/N-ethyl adjacent to an activating group) is 1. The van der Waals surface area contributed by atoms with E-state index >= 15 is 0 Å². The first-order chi connectivity index (χ1) is 19.5. The number of nitrogens with zero attached hydrogens (tertiary/aromatic N) is 2. The summed E-state index contributed by atoms with van der Waals surface area (Å²) in [4.78, 5) is 32.2.